The zero-order valence-corrected chi connectivity index (χ0v) is 11.0. The Morgan fingerprint density at radius 3 is 3.00 bits per heavy atom. The summed E-state index contributed by atoms with van der Waals surface area (Å²) in [6, 6.07) is 8.55. The lowest BCUT2D eigenvalue weighted by Crippen LogP contribution is -2.20. The van der Waals surface area contributed by atoms with E-state index in [9.17, 15) is 0 Å². The van der Waals surface area contributed by atoms with Crippen LogP contribution in [-0.2, 0) is 6.54 Å². The minimum atomic E-state index is 0.896. The first kappa shape index (κ1) is 11.7. The van der Waals surface area contributed by atoms with Gasteiger partial charge in [-0.1, -0.05) is 37.6 Å². The van der Waals surface area contributed by atoms with Crippen molar-refractivity contribution >= 4 is 10.8 Å². The minimum absolute atomic E-state index is 0.896. The van der Waals surface area contributed by atoms with Crippen LogP contribution in [0.2, 0.25) is 0 Å². The van der Waals surface area contributed by atoms with Crippen molar-refractivity contribution in [3.8, 4) is 0 Å². The average Bonchev–Trinajstić information content (AvgIpc) is 2.87. The van der Waals surface area contributed by atoms with Gasteiger partial charge in [0.1, 0.15) is 0 Å². The molecule has 0 aliphatic carbocycles. The summed E-state index contributed by atoms with van der Waals surface area (Å²) < 4.78 is 0. The Kier molecular flexibility index (Phi) is 3.28. The maximum absolute atomic E-state index is 4.37. The largest absolute Gasteiger partial charge is 0.299 e. The minimum Gasteiger partial charge on any atom is -0.299 e. The van der Waals surface area contributed by atoms with Gasteiger partial charge < -0.3 is 0 Å². The average molecular weight is 240 g/mol. The molecule has 2 nitrogen and oxygen atoms in total. The van der Waals surface area contributed by atoms with E-state index in [1.165, 1.54) is 42.3 Å². The molecule has 1 aliphatic heterocycles. The van der Waals surface area contributed by atoms with E-state index >= 15 is 0 Å². The van der Waals surface area contributed by atoms with Gasteiger partial charge in [0.15, 0.2) is 0 Å². The van der Waals surface area contributed by atoms with Crippen molar-refractivity contribution in [3.05, 3.63) is 42.2 Å². The highest BCUT2D eigenvalue weighted by Gasteiger charge is 2.21. The fraction of sp³-hybridized carbons (Fsp3) is 0.438. The highest BCUT2D eigenvalue weighted by Crippen LogP contribution is 2.23. The maximum atomic E-state index is 4.37. The lowest BCUT2D eigenvalue weighted by Gasteiger charge is -2.16. The Labute approximate surface area is 109 Å². The molecular weight excluding hydrogens is 220 g/mol. The van der Waals surface area contributed by atoms with E-state index in [-0.39, 0.29) is 0 Å². The predicted molar refractivity (Wildman–Crippen MR) is 75.4 cm³/mol. The molecule has 0 spiro atoms. The van der Waals surface area contributed by atoms with Crippen molar-refractivity contribution in [2.45, 2.75) is 26.3 Å². The zero-order valence-electron chi connectivity index (χ0n) is 11.0. The molecule has 1 fully saturated rings. The molecule has 2 heteroatoms. The van der Waals surface area contributed by atoms with Gasteiger partial charge in [0, 0.05) is 30.9 Å². The molecule has 0 saturated carbocycles. The van der Waals surface area contributed by atoms with E-state index in [0.717, 1.165) is 12.5 Å². The summed E-state index contributed by atoms with van der Waals surface area (Å²) in [5.41, 5.74) is 1.37. The van der Waals surface area contributed by atoms with E-state index < -0.39 is 0 Å². The van der Waals surface area contributed by atoms with Gasteiger partial charge in [-0.25, -0.2) is 0 Å². The van der Waals surface area contributed by atoms with Gasteiger partial charge in [0.05, 0.1) is 0 Å². The third kappa shape index (κ3) is 2.25. The van der Waals surface area contributed by atoms with Gasteiger partial charge >= 0.3 is 0 Å². The normalized spacial score (nSPS) is 20.6. The number of benzene rings is 1. The molecule has 0 bridgehead atoms. The van der Waals surface area contributed by atoms with Crippen LogP contribution in [0.3, 0.4) is 0 Å². The highest BCUT2D eigenvalue weighted by atomic mass is 15.1. The summed E-state index contributed by atoms with van der Waals surface area (Å²) in [5.74, 6) is 0.896. The molecule has 1 unspecified atom stereocenters. The standard InChI is InChI=1S/C16H20N2/c1-2-13-7-8-18(11-13)12-15-10-17-9-14-5-3-4-6-16(14)15/h3-6,9-10,13H,2,7-8,11-12H2,1H3. The smallest absolute Gasteiger partial charge is 0.0346 e. The first-order valence-corrected chi connectivity index (χ1v) is 6.91. The molecule has 0 N–H and O–H groups in total. The van der Waals surface area contributed by atoms with Crippen LogP contribution in [0, 0.1) is 5.92 Å². The monoisotopic (exact) mass is 240 g/mol. The van der Waals surface area contributed by atoms with Crippen LogP contribution >= 0.6 is 0 Å². The predicted octanol–water partition coefficient (Wildman–Crippen LogP) is 3.47. The summed E-state index contributed by atoms with van der Waals surface area (Å²) >= 11 is 0. The number of pyridine rings is 1. The van der Waals surface area contributed by atoms with Crippen molar-refractivity contribution in [3.63, 3.8) is 0 Å². The molecule has 1 saturated heterocycles. The first-order chi connectivity index (χ1) is 8.86. The topological polar surface area (TPSA) is 16.1 Å². The summed E-state index contributed by atoms with van der Waals surface area (Å²) in [6.07, 6.45) is 6.65. The molecule has 1 aliphatic rings. The van der Waals surface area contributed by atoms with Gasteiger partial charge in [0.2, 0.25) is 0 Å². The van der Waals surface area contributed by atoms with Gasteiger partial charge in [-0.3, -0.25) is 9.88 Å². The Morgan fingerprint density at radius 2 is 2.17 bits per heavy atom. The number of hydrogen-bond donors (Lipinski definition) is 0. The summed E-state index contributed by atoms with van der Waals surface area (Å²) in [7, 11) is 0. The molecule has 2 heterocycles. The van der Waals surface area contributed by atoms with Crippen LogP contribution in [0.25, 0.3) is 10.8 Å². The second-order valence-corrected chi connectivity index (χ2v) is 5.32. The first-order valence-electron chi connectivity index (χ1n) is 6.91. The van der Waals surface area contributed by atoms with Crippen molar-refractivity contribution in [2.24, 2.45) is 5.92 Å². The lowest BCUT2D eigenvalue weighted by molar-refractivity contribution is 0.316. The third-order valence-corrected chi connectivity index (χ3v) is 4.09. The number of likely N-dealkylation sites (tertiary alicyclic amines) is 1. The number of fused-ring (bicyclic) bond motifs is 1. The fourth-order valence-corrected chi connectivity index (χ4v) is 2.94. The van der Waals surface area contributed by atoms with Crippen LogP contribution in [0.15, 0.2) is 36.7 Å². The van der Waals surface area contributed by atoms with Gasteiger partial charge in [-0.15, -0.1) is 0 Å². The number of aromatic nitrogens is 1. The van der Waals surface area contributed by atoms with Crippen molar-refractivity contribution < 1.29 is 0 Å². The molecule has 1 aromatic carbocycles. The lowest BCUT2D eigenvalue weighted by atomic mass is 10.1. The second-order valence-electron chi connectivity index (χ2n) is 5.32. The molecular formula is C16H20N2. The van der Waals surface area contributed by atoms with Crippen LogP contribution in [0.5, 0.6) is 0 Å². The highest BCUT2D eigenvalue weighted by molar-refractivity contribution is 5.84. The van der Waals surface area contributed by atoms with Crippen molar-refractivity contribution in [1.29, 1.82) is 0 Å². The second kappa shape index (κ2) is 5.07. The number of rotatable bonds is 3. The Bertz CT molecular complexity index is 530. The quantitative estimate of drug-likeness (QED) is 0.816. The number of hydrogen-bond acceptors (Lipinski definition) is 2. The van der Waals surface area contributed by atoms with E-state index in [1.54, 1.807) is 0 Å². The molecule has 18 heavy (non-hydrogen) atoms. The SMILES string of the molecule is CCC1CCN(Cc2cncc3ccccc23)C1. The molecule has 0 radical (unpaired) electrons. The molecule has 3 rings (SSSR count). The molecule has 1 atom stereocenters. The van der Waals surface area contributed by atoms with E-state index in [4.69, 9.17) is 0 Å². The van der Waals surface area contributed by atoms with Crippen LogP contribution in [0.1, 0.15) is 25.3 Å². The third-order valence-electron chi connectivity index (χ3n) is 4.09. The number of nitrogens with zero attached hydrogens (tertiary/aromatic N) is 2. The van der Waals surface area contributed by atoms with Gasteiger partial charge in [0.25, 0.3) is 0 Å². The van der Waals surface area contributed by atoms with E-state index in [1.807, 2.05) is 12.4 Å². The van der Waals surface area contributed by atoms with Crippen LogP contribution in [0.4, 0.5) is 0 Å². The summed E-state index contributed by atoms with van der Waals surface area (Å²) in [4.78, 5) is 6.93. The van der Waals surface area contributed by atoms with Crippen LogP contribution in [-0.4, -0.2) is 23.0 Å². The van der Waals surface area contributed by atoms with Gasteiger partial charge in [-0.2, -0.15) is 0 Å². The van der Waals surface area contributed by atoms with Crippen molar-refractivity contribution in [2.75, 3.05) is 13.1 Å². The summed E-state index contributed by atoms with van der Waals surface area (Å²) in [5, 5.41) is 2.61. The Balaban J connectivity index is 1.83. The van der Waals surface area contributed by atoms with Crippen LogP contribution < -0.4 is 0 Å². The maximum Gasteiger partial charge on any atom is 0.0346 e. The summed E-state index contributed by atoms with van der Waals surface area (Å²) in [6.45, 7) is 5.83. The molecule has 2 aromatic rings. The van der Waals surface area contributed by atoms with Crippen molar-refractivity contribution in [1.82, 2.24) is 9.88 Å². The van der Waals surface area contributed by atoms with E-state index in [2.05, 4.69) is 41.1 Å². The Hall–Kier alpha value is -1.41. The van der Waals surface area contributed by atoms with Gasteiger partial charge in [-0.05, 0) is 29.8 Å². The Morgan fingerprint density at radius 1 is 1.28 bits per heavy atom. The fourth-order valence-electron chi connectivity index (χ4n) is 2.94. The molecule has 0 amide bonds. The zero-order chi connectivity index (χ0) is 12.4. The van der Waals surface area contributed by atoms with E-state index in [0.29, 0.717) is 0 Å². The molecule has 94 valence electrons. The molecule has 1 aromatic heterocycles.